The molecule has 0 aliphatic rings. The maximum atomic E-state index is 6.13. The summed E-state index contributed by atoms with van der Waals surface area (Å²) in [6.45, 7) is 6.09. The Kier molecular flexibility index (Phi) is 4.09. The van der Waals surface area contributed by atoms with E-state index in [1.807, 2.05) is 31.4 Å². The molecule has 8 heteroatoms. The molecule has 0 spiro atoms. The summed E-state index contributed by atoms with van der Waals surface area (Å²) in [5.74, 6) is 1.24. The quantitative estimate of drug-likeness (QED) is 0.641. The summed E-state index contributed by atoms with van der Waals surface area (Å²) in [4.78, 5) is 4.49. The molecule has 0 N–H and O–H groups in total. The highest BCUT2D eigenvalue weighted by molar-refractivity contribution is 7.98. The highest BCUT2D eigenvalue weighted by Gasteiger charge is 2.21. The van der Waals surface area contributed by atoms with Gasteiger partial charge in [-0.3, -0.25) is 0 Å². The van der Waals surface area contributed by atoms with Crippen LogP contribution in [0.2, 0.25) is 10.0 Å². The van der Waals surface area contributed by atoms with Gasteiger partial charge in [-0.25, -0.2) is 4.98 Å². The van der Waals surface area contributed by atoms with Crippen molar-refractivity contribution in [2.75, 3.05) is 0 Å². The van der Waals surface area contributed by atoms with E-state index in [1.165, 1.54) is 11.8 Å². The van der Waals surface area contributed by atoms with Crippen LogP contribution >= 0.6 is 35.0 Å². The van der Waals surface area contributed by atoms with Gasteiger partial charge in [0.25, 0.3) is 5.22 Å². The van der Waals surface area contributed by atoms with E-state index < -0.39 is 0 Å². The third-order valence-electron chi connectivity index (χ3n) is 2.91. The first kappa shape index (κ1) is 15.6. The summed E-state index contributed by atoms with van der Waals surface area (Å²) < 4.78 is 7.46. The molecule has 0 atom stereocenters. The fourth-order valence-corrected chi connectivity index (χ4v) is 3.03. The van der Waals surface area contributed by atoms with Crippen molar-refractivity contribution in [2.45, 2.75) is 37.2 Å². The van der Waals surface area contributed by atoms with Gasteiger partial charge in [0, 0.05) is 23.6 Å². The van der Waals surface area contributed by atoms with Crippen LogP contribution in [0.1, 0.15) is 32.4 Å². The molecule has 0 unspecified atom stereocenters. The van der Waals surface area contributed by atoms with Crippen molar-refractivity contribution in [1.82, 2.24) is 19.6 Å². The number of hydrogen-bond acceptors (Lipinski definition) is 5. The predicted molar refractivity (Wildman–Crippen MR) is 87.8 cm³/mol. The first-order valence-electron chi connectivity index (χ1n) is 6.62. The number of aromatic nitrogens is 4. The van der Waals surface area contributed by atoms with Gasteiger partial charge in [-0.05, 0) is 6.07 Å². The number of fused-ring (bicyclic) bond motifs is 1. The number of rotatable bonds is 3. The van der Waals surface area contributed by atoms with Crippen molar-refractivity contribution >= 4 is 40.6 Å². The average molecular weight is 357 g/mol. The zero-order chi connectivity index (χ0) is 15.9. The molecule has 0 fully saturated rings. The minimum absolute atomic E-state index is 0.154. The Bertz CT molecular complexity index is 822. The molecule has 5 nitrogen and oxygen atoms in total. The first-order valence-corrected chi connectivity index (χ1v) is 8.36. The average Bonchev–Trinajstić information content (AvgIpc) is 3.01. The Balaban J connectivity index is 1.77. The van der Waals surface area contributed by atoms with Gasteiger partial charge in [0.15, 0.2) is 5.65 Å². The SMILES string of the molecule is CC(C)(C)c1nnc(SCc2cn3cc(Cl)cc(Cl)c3n2)o1. The largest absolute Gasteiger partial charge is 0.415 e. The maximum Gasteiger partial charge on any atom is 0.276 e. The molecule has 3 aromatic rings. The summed E-state index contributed by atoms with van der Waals surface area (Å²) in [6.07, 6.45) is 3.66. The van der Waals surface area contributed by atoms with E-state index in [1.54, 1.807) is 12.3 Å². The minimum atomic E-state index is -0.154. The summed E-state index contributed by atoms with van der Waals surface area (Å²) in [6, 6.07) is 1.68. The van der Waals surface area contributed by atoms with Crippen LogP contribution in [0.15, 0.2) is 28.1 Å². The van der Waals surface area contributed by atoms with E-state index in [0.29, 0.717) is 32.6 Å². The van der Waals surface area contributed by atoms with Gasteiger partial charge in [-0.1, -0.05) is 55.7 Å². The van der Waals surface area contributed by atoms with Gasteiger partial charge in [-0.15, -0.1) is 10.2 Å². The Hall–Kier alpha value is -1.24. The number of halogens is 2. The highest BCUT2D eigenvalue weighted by Crippen LogP contribution is 2.28. The van der Waals surface area contributed by atoms with Gasteiger partial charge < -0.3 is 8.82 Å². The Labute approximate surface area is 142 Å². The lowest BCUT2D eigenvalue weighted by atomic mass is 9.97. The highest BCUT2D eigenvalue weighted by atomic mass is 35.5. The second-order valence-electron chi connectivity index (χ2n) is 5.88. The molecule has 0 aliphatic heterocycles. The molecular weight excluding hydrogens is 343 g/mol. The second-order valence-corrected chi connectivity index (χ2v) is 7.65. The van der Waals surface area contributed by atoms with E-state index in [-0.39, 0.29) is 5.41 Å². The van der Waals surface area contributed by atoms with Gasteiger partial charge in [0.05, 0.1) is 15.7 Å². The smallest absolute Gasteiger partial charge is 0.276 e. The number of imidazole rings is 1. The van der Waals surface area contributed by atoms with Gasteiger partial charge in [0.2, 0.25) is 5.89 Å². The molecule has 0 radical (unpaired) electrons. The van der Waals surface area contributed by atoms with Crippen LogP contribution < -0.4 is 0 Å². The molecule has 0 saturated carbocycles. The van der Waals surface area contributed by atoms with Crippen LogP contribution in [0.25, 0.3) is 5.65 Å². The summed E-state index contributed by atoms with van der Waals surface area (Å²) in [5.41, 5.74) is 1.39. The van der Waals surface area contributed by atoms with E-state index in [2.05, 4.69) is 15.2 Å². The lowest BCUT2D eigenvalue weighted by Gasteiger charge is -2.10. The third kappa shape index (κ3) is 3.24. The molecule has 0 saturated heterocycles. The van der Waals surface area contributed by atoms with Crippen LogP contribution in [0.3, 0.4) is 0 Å². The molecular formula is C14H14Cl2N4OS. The predicted octanol–water partition coefficient (Wildman–Crippen LogP) is 4.61. The normalized spacial score (nSPS) is 12.2. The van der Waals surface area contributed by atoms with Gasteiger partial charge in [-0.2, -0.15) is 0 Å². The molecule has 0 aromatic carbocycles. The Morgan fingerprint density at radius 2 is 2.00 bits per heavy atom. The van der Waals surface area contributed by atoms with Gasteiger partial charge in [0.1, 0.15) is 0 Å². The van der Waals surface area contributed by atoms with Crippen LogP contribution in [0.4, 0.5) is 0 Å². The number of nitrogens with zero attached hydrogens (tertiary/aromatic N) is 4. The zero-order valence-electron chi connectivity index (χ0n) is 12.3. The lowest BCUT2D eigenvalue weighted by molar-refractivity contribution is 0.347. The zero-order valence-corrected chi connectivity index (χ0v) is 14.6. The number of thioether (sulfide) groups is 1. The molecule has 22 heavy (non-hydrogen) atoms. The van der Waals surface area contributed by atoms with Crippen molar-refractivity contribution in [2.24, 2.45) is 0 Å². The standard InChI is InChI=1S/C14H14Cl2N4OS/c1-14(2,3)12-18-19-13(21-12)22-7-9-6-20-5-8(15)4-10(16)11(20)17-9/h4-6H,7H2,1-3H3. The van der Waals surface area contributed by atoms with Gasteiger partial charge >= 0.3 is 0 Å². The van der Waals surface area contributed by atoms with E-state index in [0.717, 1.165) is 5.69 Å². The third-order valence-corrected chi connectivity index (χ3v) is 4.25. The minimum Gasteiger partial charge on any atom is -0.415 e. The molecule has 116 valence electrons. The fourth-order valence-electron chi connectivity index (χ4n) is 1.85. The number of hydrogen-bond donors (Lipinski definition) is 0. The first-order chi connectivity index (χ1) is 10.3. The summed E-state index contributed by atoms with van der Waals surface area (Å²) in [7, 11) is 0. The number of pyridine rings is 1. The topological polar surface area (TPSA) is 56.2 Å². The fraction of sp³-hybridized carbons (Fsp3) is 0.357. The van der Waals surface area contributed by atoms with Crippen molar-refractivity contribution < 1.29 is 4.42 Å². The molecule has 3 aromatic heterocycles. The van der Waals surface area contributed by atoms with E-state index >= 15 is 0 Å². The van der Waals surface area contributed by atoms with Crippen molar-refractivity contribution in [1.29, 1.82) is 0 Å². The maximum absolute atomic E-state index is 6.13. The Morgan fingerprint density at radius 3 is 2.68 bits per heavy atom. The summed E-state index contributed by atoms with van der Waals surface area (Å²) in [5, 5.41) is 9.74. The van der Waals surface area contributed by atoms with Crippen molar-refractivity contribution in [3.8, 4) is 0 Å². The Morgan fingerprint density at radius 1 is 1.23 bits per heavy atom. The van der Waals surface area contributed by atoms with E-state index in [4.69, 9.17) is 27.6 Å². The van der Waals surface area contributed by atoms with Crippen LogP contribution in [0.5, 0.6) is 0 Å². The van der Waals surface area contributed by atoms with Crippen molar-refractivity contribution in [3.05, 3.63) is 40.1 Å². The molecule has 3 rings (SSSR count). The molecule has 0 aliphatic carbocycles. The molecule has 3 heterocycles. The lowest BCUT2D eigenvalue weighted by Crippen LogP contribution is -2.11. The monoisotopic (exact) mass is 356 g/mol. The van der Waals surface area contributed by atoms with Crippen LogP contribution in [-0.4, -0.2) is 19.6 Å². The second kappa shape index (κ2) is 5.76. The molecule has 0 amide bonds. The van der Waals surface area contributed by atoms with Crippen LogP contribution in [-0.2, 0) is 11.2 Å². The molecule has 0 bridgehead atoms. The van der Waals surface area contributed by atoms with E-state index in [9.17, 15) is 0 Å². The summed E-state index contributed by atoms with van der Waals surface area (Å²) >= 11 is 13.6. The van der Waals surface area contributed by atoms with Crippen molar-refractivity contribution in [3.63, 3.8) is 0 Å². The van der Waals surface area contributed by atoms with Crippen LogP contribution in [0, 0.1) is 0 Å².